The van der Waals surface area contributed by atoms with Gasteiger partial charge in [0.15, 0.2) is 0 Å². The molecule has 8 aromatic rings. The molecule has 0 aliphatic rings. The standard InChI is InChI=1S/C46H32F8N10O10S3/c1-71-43(67)63(41-57-33-17-13-29(21-35(33)59-41)75-27-9-5-25(6-10-27)61(39(55)65)37-19-23(45(49,50)51)3-15-31(37)47)73-77(69,70)74-64(44(68)72-2)42-58-34-18-14-30(22-36(34)60-42)76-28-11-7-26(8-12-28)62(40(56)66)38-20-24(46(52,53)54)4-16-32(38)48/h3-22H,1-2H3,(H2,55,65)(H2,56,66)(H,57,59)(H,58,60). The molecule has 0 atom stereocenters. The van der Waals surface area contributed by atoms with Crippen LogP contribution in [0.1, 0.15) is 11.1 Å². The van der Waals surface area contributed by atoms with E-state index < -0.39 is 93.0 Å². The number of nitrogens with two attached hydrogens (primary N) is 2. The summed E-state index contributed by atoms with van der Waals surface area (Å²) in [4.78, 5) is 67.6. The van der Waals surface area contributed by atoms with Gasteiger partial charge in [0, 0.05) is 19.6 Å². The third-order valence-electron chi connectivity index (χ3n) is 10.4. The van der Waals surface area contributed by atoms with Crippen LogP contribution in [0.25, 0.3) is 22.1 Å². The molecular formula is C46H32F8N10O10S3. The molecule has 0 saturated carbocycles. The fourth-order valence-corrected chi connectivity index (χ4v) is 9.38. The number of carbonyl (C=O) groups is 4. The van der Waals surface area contributed by atoms with E-state index in [1.54, 1.807) is 12.1 Å². The Morgan fingerprint density at radius 3 is 1.21 bits per heavy atom. The predicted molar refractivity (Wildman–Crippen MR) is 260 cm³/mol. The van der Waals surface area contributed by atoms with Gasteiger partial charge in [-0.2, -0.15) is 34.8 Å². The summed E-state index contributed by atoms with van der Waals surface area (Å²) >= 11 is 2.23. The molecule has 0 fully saturated rings. The molecule has 400 valence electrons. The first kappa shape index (κ1) is 54.6. The van der Waals surface area contributed by atoms with Crippen molar-refractivity contribution < 1.29 is 80.8 Å². The van der Waals surface area contributed by atoms with Crippen LogP contribution in [-0.2, 0) is 40.8 Å². The minimum Gasteiger partial charge on any atom is -0.451 e. The number of hydrogen-bond donors (Lipinski definition) is 4. The molecule has 2 heterocycles. The SMILES string of the molecule is COC(=O)N(OS(=O)(=O)ON(C(=O)OC)c1nc2cc(Sc3ccc(N(C(N)=O)c4cc(C(F)(F)F)ccc4F)cc3)ccc2[nH]1)c1nc2cc(Sc3ccc(N(C(N)=O)c4cc(C(F)(F)F)ccc4F)cc3)ccc2[nH]1. The zero-order chi connectivity index (χ0) is 55.7. The number of halogens is 8. The first-order valence-corrected chi connectivity index (χ1v) is 24.2. The van der Waals surface area contributed by atoms with Gasteiger partial charge in [-0.15, -0.1) is 8.57 Å². The number of hydrogen-bond acceptors (Lipinski definition) is 14. The van der Waals surface area contributed by atoms with Crippen LogP contribution >= 0.6 is 23.5 Å². The number of imidazole rings is 2. The Morgan fingerprint density at radius 1 is 0.532 bits per heavy atom. The largest absolute Gasteiger partial charge is 0.451 e. The fourth-order valence-electron chi connectivity index (χ4n) is 7.02. The number of rotatable bonds is 14. The summed E-state index contributed by atoms with van der Waals surface area (Å²) in [5.41, 5.74) is 7.61. The number of methoxy groups -OCH3 is 2. The molecule has 77 heavy (non-hydrogen) atoms. The van der Waals surface area contributed by atoms with Crippen LogP contribution in [0, 0.1) is 11.6 Å². The maximum absolute atomic E-state index is 14.7. The average molecular weight is 1130 g/mol. The zero-order valence-electron chi connectivity index (χ0n) is 38.7. The number of aromatic amines is 2. The van der Waals surface area contributed by atoms with E-state index in [0.29, 0.717) is 65.8 Å². The number of anilines is 6. The molecule has 20 nitrogen and oxygen atoms in total. The van der Waals surface area contributed by atoms with Gasteiger partial charge in [0.1, 0.15) is 11.6 Å². The van der Waals surface area contributed by atoms with Crippen molar-refractivity contribution in [2.24, 2.45) is 11.5 Å². The fraction of sp³-hybridized carbons (Fsp3) is 0.0870. The number of ether oxygens (including phenoxy) is 2. The van der Waals surface area contributed by atoms with Gasteiger partial charge in [0.05, 0.1) is 70.2 Å². The number of aromatic nitrogens is 4. The Balaban J connectivity index is 0.966. The van der Waals surface area contributed by atoms with E-state index in [2.05, 4.69) is 19.9 Å². The molecule has 0 unspecified atom stereocenters. The van der Waals surface area contributed by atoms with Crippen molar-refractivity contribution in [2.75, 3.05) is 34.1 Å². The molecule has 0 radical (unpaired) electrons. The molecule has 0 saturated heterocycles. The van der Waals surface area contributed by atoms with Crippen molar-refractivity contribution in [3.8, 4) is 0 Å². The van der Waals surface area contributed by atoms with Crippen LogP contribution in [0.5, 0.6) is 0 Å². The lowest BCUT2D eigenvalue weighted by atomic mass is 10.1. The third-order valence-corrected chi connectivity index (χ3v) is 13.1. The number of hydroxylamine groups is 2. The van der Waals surface area contributed by atoms with Gasteiger partial charge in [-0.05, 0) is 121 Å². The number of primary amides is 2. The van der Waals surface area contributed by atoms with E-state index in [1.165, 1.54) is 72.8 Å². The highest BCUT2D eigenvalue weighted by Crippen LogP contribution is 2.40. The third kappa shape index (κ3) is 12.2. The van der Waals surface area contributed by atoms with Crippen molar-refractivity contribution in [1.82, 2.24) is 19.9 Å². The smallest absolute Gasteiger partial charge is 0.443 e. The first-order chi connectivity index (χ1) is 36.3. The summed E-state index contributed by atoms with van der Waals surface area (Å²) in [6.07, 6.45) is -12.6. The number of benzene rings is 6. The van der Waals surface area contributed by atoms with Gasteiger partial charge in [-0.1, -0.05) is 33.7 Å². The van der Waals surface area contributed by atoms with Crippen molar-refractivity contribution in [3.63, 3.8) is 0 Å². The molecule has 31 heteroatoms. The maximum atomic E-state index is 14.7. The van der Waals surface area contributed by atoms with Crippen LogP contribution in [-0.4, -0.2) is 66.8 Å². The summed E-state index contributed by atoms with van der Waals surface area (Å²) in [5.74, 6) is -3.42. The summed E-state index contributed by atoms with van der Waals surface area (Å²) < 4.78 is 156. The number of amides is 6. The normalized spacial score (nSPS) is 11.9. The first-order valence-electron chi connectivity index (χ1n) is 21.2. The number of nitrogens with one attached hydrogen (secondary N) is 2. The number of fused-ring (bicyclic) bond motifs is 2. The van der Waals surface area contributed by atoms with Gasteiger partial charge in [0.25, 0.3) is 0 Å². The highest BCUT2D eigenvalue weighted by molar-refractivity contribution is 7.99. The van der Waals surface area contributed by atoms with E-state index in [4.69, 9.17) is 29.5 Å². The Bertz CT molecular complexity index is 3470. The molecule has 0 aliphatic heterocycles. The number of nitrogens with zero attached hydrogens (tertiary/aromatic N) is 6. The van der Waals surface area contributed by atoms with Crippen LogP contribution in [0.15, 0.2) is 141 Å². The van der Waals surface area contributed by atoms with Crippen molar-refractivity contribution >= 4 is 115 Å². The molecular weight excluding hydrogens is 1100 g/mol. The van der Waals surface area contributed by atoms with E-state index in [9.17, 15) is 62.7 Å². The summed E-state index contributed by atoms with van der Waals surface area (Å²) in [7, 11) is -3.76. The predicted octanol–water partition coefficient (Wildman–Crippen LogP) is 11.4. The quantitative estimate of drug-likeness (QED) is 0.0583. The summed E-state index contributed by atoms with van der Waals surface area (Å²) in [6.45, 7) is 0. The summed E-state index contributed by atoms with van der Waals surface area (Å²) in [6, 6.07) is 20.8. The highest BCUT2D eigenvalue weighted by atomic mass is 32.3. The monoisotopic (exact) mass is 1130 g/mol. The van der Waals surface area contributed by atoms with Gasteiger partial charge in [-0.3, -0.25) is 9.80 Å². The van der Waals surface area contributed by atoms with Crippen LogP contribution in [0.3, 0.4) is 0 Å². The van der Waals surface area contributed by atoms with E-state index in [1.807, 2.05) is 0 Å². The zero-order valence-corrected chi connectivity index (χ0v) is 41.2. The van der Waals surface area contributed by atoms with Gasteiger partial charge < -0.3 is 30.9 Å². The number of H-pyrrole nitrogens is 2. The lowest BCUT2D eigenvalue weighted by Gasteiger charge is -2.22. The minimum absolute atomic E-state index is 0.0533. The second-order valence-electron chi connectivity index (χ2n) is 15.4. The molecule has 6 amide bonds. The molecule has 0 spiro atoms. The Hall–Kier alpha value is -8.65. The molecule has 8 rings (SSSR count). The molecule has 2 aromatic heterocycles. The van der Waals surface area contributed by atoms with E-state index in [-0.39, 0.29) is 43.6 Å². The Labute approximate surface area is 435 Å². The van der Waals surface area contributed by atoms with Gasteiger partial charge in [-0.25, -0.2) is 37.9 Å². The van der Waals surface area contributed by atoms with Crippen molar-refractivity contribution in [1.29, 1.82) is 0 Å². The van der Waals surface area contributed by atoms with Crippen molar-refractivity contribution in [3.05, 3.63) is 144 Å². The summed E-state index contributed by atoms with van der Waals surface area (Å²) in [5, 5.41) is 0.107. The molecule has 0 bridgehead atoms. The molecule has 6 N–H and O–H groups in total. The number of urea groups is 2. The van der Waals surface area contributed by atoms with Gasteiger partial charge in [0.2, 0.25) is 11.9 Å². The lowest BCUT2D eigenvalue weighted by Crippen LogP contribution is -2.40. The number of carbonyl (C=O) groups excluding carboxylic acids is 4. The Kier molecular flexibility index (Phi) is 15.3. The Morgan fingerprint density at radius 2 is 0.883 bits per heavy atom. The van der Waals surface area contributed by atoms with Crippen LogP contribution in [0.2, 0.25) is 0 Å². The maximum Gasteiger partial charge on any atom is 0.443 e. The second kappa shape index (κ2) is 21.5. The van der Waals surface area contributed by atoms with E-state index >= 15 is 0 Å². The van der Waals surface area contributed by atoms with Crippen molar-refractivity contribution in [2.45, 2.75) is 31.9 Å². The topological polar surface area (TPSA) is 262 Å². The van der Waals surface area contributed by atoms with Crippen LogP contribution < -0.4 is 31.4 Å². The molecule has 0 aliphatic carbocycles. The van der Waals surface area contributed by atoms with E-state index in [0.717, 1.165) is 37.7 Å². The molecule has 6 aromatic carbocycles. The minimum atomic E-state index is -5.53. The second-order valence-corrected chi connectivity index (χ2v) is 18.8. The number of alkyl halides is 6. The highest BCUT2D eigenvalue weighted by Gasteiger charge is 2.36. The van der Waals surface area contributed by atoms with Gasteiger partial charge >= 0.3 is 47.0 Å². The van der Waals surface area contributed by atoms with Crippen LogP contribution in [0.4, 0.5) is 88.9 Å². The lowest BCUT2D eigenvalue weighted by molar-refractivity contribution is -0.138. The average Bonchev–Trinajstić information content (AvgIpc) is 4.00.